The standard InChI is InChI=1S/C8H17N2O.HI/c1-10(2,3)6-8-11-7-4-5-9;/h4,6-8H2,1-3H3;1H/q+1;/p-1. The van der Waals surface area contributed by atoms with E-state index in [2.05, 4.69) is 21.1 Å². The molecule has 0 rings (SSSR count). The highest BCUT2D eigenvalue weighted by molar-refractivity contribution is 4.66. The number of likely N-dealkylation sites (N-methyl/N-ethyl adjacent to an activating group) is 1. The summed E-state index contributed by atoms with van der Waals surface area (Å²) < 4.78 is 6.12. The number of quaternary nitrogens is 1. The maximum Gasteiger partial charge on any atom is 0.102 e. The van der Waals surface area contributed by atoms with E-state index < -0.39 is 0 Å². The minimum atomic E-state index is 0. The zero-order valence-corrected chi connectivity index (χ0v) is 10.2. The van der Waals surface area contributed by atoms with E-state index in [-0.39, 0.29) is 24.0 Å². The number of hydrogen-bond acceptors (Lipinski definition) is 2. The number of nitriles is 1. The first kappa shape index (κ1) is 14.7. The smallest absolute Gasteiger partial charge is 0.102 e. The molecule has 0 N–H and O–H groups in total. The third-order valence-electron chi connectivity index (χ3n) is 1.26. The lowest BCUT2D eigenvalue weighted by atomic mass is 10.5. The van der Waals surface area contributed by atoms with Crippen LogP contribution in [-0.4, -0.2) is 45.4 Å². The van der Waals surface area contributed by atoms with Crippen LogP contribution in [0.1, 0.15) is 6.42 Å². The Bertz CT molecular complexity index is 137. The van der Waals surface area contributed by atoms with Crippen molar-refractivity contribution in [2.45, 2.75) is 6.42 Å². The molecule has 0 atom stereocenters. The maximum absolute atomic E-state index is 8.19. The average Bonchev–Trinajstić information content (AvgIpc) is 1.85. The Morgan fingerprint density at radius 1 is 1.25 bits per heavy atom. The van der Waals surface area contributed by atoms with Crippen molar-refractivity contribution in [2.75, 3.05) is 40.9 Å². The molecule has 4 heteroatoms. The molecular formula is C8H17IN2O. The van der Waals surface area contributed by atoms with Crippen molar-refractivity contribution < 1.29 is 33.2 Å². The second-order valence-corrected chi connectivity index (χ2v) is 3.53. The molecule has 0 aliphatic carbocycles. The molecule has 0 heterocycles. The minimum absolute atomic E-state index is 0. The Labute approximate surface area is 91.9 Å². The zero-order chi connectivity index (χ0) is 8.74. The first-order valence-corrected chi connectivity index (χ1v) is 3.81. The Morgan fingerprint density at radius 2 is 1.83 bits per heavy atom. The van der Waals surface area contributed by atoms with Crippen molar-refractivity contribution in [1.82, 2.24) is 0 Å². The van der Waals surface area contributed by atoms with Crippen molar-refractivity contribution in [2.24, 2.45) is 0 Å². The number of hydrogen-bond donors (Lipinski definition) is 0. The van der Waals surface area contributed by atoms with Gasteiger partial charge in [-0.15, -0.1) is 0 Å². The fourth-order valence-electron chi connectivity index (χ4n) is 0.558. The molecule has 0 saturated carbocycles. The highest BCUT2D eigenvalue weighted by Gasteiger charge is 2.04. The lowest BCUT2D eigenvalue weighted by Gasteiger charge is -2.23. The third-order valence-corrected chi connectivity index (χ3v) is 1.26. The van der Waals surface area contributed by atoms with Gasteiger partial charge >= 0.3 is 0 Å². The van der Waals surface area contributed by atoms with E-state index >= 15 is 0 Å². The van der Waals surface area contributed by atoms with Gasteiger partial charge in [-0.3, -0.25) is 0 Å². The van der Waals surface area contributed by atoms with E-state index in [1.165, 1.54) is 0 Å². The maximum atomic E-state index is 8.19. The van der Waals surface area contributed by atoms with Gasteiger partial charge in [0.05, 0.1) is 46.8 Å². The summed E-state index contributed by atoms with van der Waals surface area (Å²) in [5, 5.41) is 8.19. The molecule has 0 aliphatic rings. The fourth-order valence-corrected chi connectivity index (χ4v) is 0.558. The molecule has 0 amide bonds. The molecule has 3 nitrogen and oxygen atoms in total. The van der Waals surface area contributed by atoms with Crippen molar-refractivity contribution in [3.63, 3.8) is 0 Å². The predicted octanol–water partition coefficient (Wildman–Crippen LogP) is -2.37. The zero-order valence-electron chi connectivity index (χ0n) is 8.01. The molecule has 0 aromatic rings. The Morgan fingerprint density at radius 3 is 2.25 bits per heavy atom. The molecular weight excluding hydrogens is 267 g/mol. The molecule has 0 saturated heterocycles. The molecule has 0 aromatic carbocycles. The van der Waals surface area contributed by atoms with Gasteiger partial charge in [-0.25, -0.2) is 0 Å². The Balaban J connectivity index is 0. The van der Waals surface area contributed by atoms with Crippen LogP contribution in [0.25, 0.3) is 0 Å². The Hall–Kier alpha value is 0.140. The van der Waals surface area contributed by atoms with Crippen LogP contribution in [0.3, 0.4) is 0 Å². The van der Waals surface area contributed by atoms with Crippen LogP contribution >= 0.6 is 0 Å². The van der Waals surface area contributed by atoms with E-state index in [0.717, 1.165) is 17.6 Å². The summed E-state index contributed by atoms with van der Waals surface area (Å²) in [5.74, 6) is 0. The topological polar surface area (TPSA) is 33.0 Å². The van der Waals surface area contributed by atoms with E-state index in [0.29, 0.717) is 13.0 Å². The van der Waals surface area contributed by atoms with Gasteiger partial charge in [0.15, 0.2) is 0 Å². The van der Waals surface area contributed by atoms with Gasteiger partial charge < -0.3 is 33.2 Å². The van der Waals surface area contributed by atoms with Crippen LogP contribution < -0.4 is 24.0 Å². The summed E-state index contributed by atoms with van der Waals surface area (Å²) in [5.41, 5.74) is 0. The van der Waals surface area contributed by atoms with Gasteiger partial charge in [0.1, 0.15) is 6.54 Å². The first-order valence-electron chi connectivity index (χ1n) is 3.81. The van der Waals surface area contributed by atoms with E-state index in [1.807, 2.05) is 6.07 Å². The molecule has 0 bridgehead atoms. The van der Waals surface area contributed by atoms with Gasteiger partial charge in [-0.05, 0) is 0 Å². The molecule has 12 heavy (non-hydrogen) atoms. The SMILES string of the molecule is C[N+](C)(C)CCOCCC#N.[I-]. The van der Waals surface area contributed by atoms with Crippen LogP contribution in [0.2, 0.25) is 0 Å². The summed E-state index contributed by atoms with van der Waals surface area (Å²) in [4.78, 5) is 0. The van der Waals surface area contributed by atoms with Gasteiger partial charge in [-0.1, -0.05) is 0 Å². The lowest BCUT2D eigenvalue weighted by Crippen LogP contribution is -3.00. The van der Waals surface area contributed by atoms with E-state index in [4.69, 9.17) is 10.00 Å². The van der Waals surface area contributed by atoms with Gasteiger partial charge in [0.25, 0.3) is 0 Å². The third kappa shape index (κ3) is 12.8. The molecule has 0 fully saturated rings. The van der Waals surface area contributed by atoms with Crippen molar-refractivity contribution >= 4 is 0 Å². The van der Waals surface area contributed by atoms with Gasteiger partial charge in [0, 0.05) is 0 Å². The van der Waals surface area contributed by atoms with Crippen LogP contribution in [0.15, 0.2) is 0 Å². The Kier molecular flexibility index (Phi) is 9.49. The monoisotopic (exact) mass is 284 g/mol. The van der Waals surface area contributed by atoms with Crippen molar-refractivity contribution in [3.8, 4) is 6.07 Å². The average molecular weight is 284 g/mol. The first-order chi connectivity index (χ1) is 5.06. The number of ether oxygens (including phenoxy) is 1. The summed E-state index contributed by atoms with van der Waals surface area (Å²) in [7, 11) is 6.36. The summed E-state index contributed by atoms with van der Waals surface area (Å²) in [6, 6.07) is 2.04. The van der Waals surface area contributed by atoms with Crippen LogP contribution in [0, 0.1) is 11.3 Å². The van der Waals surface area contributed by atoms with Crippen LogP contribution in [0.4, 0.5) is 0 Å². The number of rotatable bonds is 5. The van der Waals surface area contributed by atoms with Crippen LogP contribution in [-0.2, 0) is 4.74 Å². The fraction of sp³-hybridized carbons (Fsp3) is 0.875. The molecule has 0 aliphatic heterocycles. The summed E-state index contributed by atoms with van der Waals surface area (Å²) in [6.07, 6.45) is 0.497. The second-order valence-electron chi connectivity index (χ2n) is 3.53. The van der Waals surface area contributed by atoms with Crippen LogP contribution in [0.5, 0.6) is 0 Å². The minimum Gasteiger partial charge on any atom is -1.00 e. The van der Waals surface area contributed by atoms with E-state index in [9.17, 15) is 0 Å². The largest absolute Gasteiger partial charge is 1.00 e. The highest BCUT2D eigenvalue weighted by Crippen LogP contribution is 1.89. The van der Waals surface area contributed by atoms with Crippen molar-refractivity contribution in [3.05, 3.63) is 0 Å². The highest BCUT2D eigenvalue weighted by atomic mass is 127. The second kappa shape index (κ2) is 7.77. The number of halogens is 1. The summed E-state index contributed by atoms with van der Waals surface area (Å²) >= 11 is 0. The number of nitrogens with zero attached hydrogens (tertiary/aromatic N) is 2. The van der Waals surface area contributed by atoms with Gasteiger partial charge in [0.2, 0.25) is 0 Å². The van der Waals surface area contributed by atoms with Gasteiger partial charge in [-0.2, -0.15) is 5.26 Å². The predicted molar refractivity (Wildman–Crippen MR) is 43.9 cm³/mol. The molecule has 0 radical (unpaired) electrons. The molecule has 72 valence electrons. The quantitative estimate of drug-likeness (QED) is 0.321. The molecule has 0 spiro atoms. The molecule has 0 aromatic heterocycles. The lowest BCUT2D eigenvalue weighted by molar-refractivity contribution is -0.870. The summed E-state index contributed by atoms with van der Waals surface area (Å²) in [6.45, 7) is 2.30. The van der Waals surface area contributed by atoms with Crippen molar-refractivity contribution in [1.29, 1.82) is 5.26 Å². The normalized spacial score (nSPS) is 10.2. The molecule has 0 unspecified atom stereocenters. The van der Waals surface area contributed by atoms with E-state index in [1.54, 1.807) is 0 Å².